The van der Waals surface area contributed by atoms with Crippen LogP contribution in [0.25, 0.3) is 0 Å². The summed E-state index contributed by atoms with van der Waals surface area (Å²) in [5, 5.41) is 0.299. The van der Waals surface area contributed by atoms with E-state index in [0.717, 1.165) is 13.0 Å². The Kier molecular flexibility index (Phi) is 3.84. The van der Waals surface area contributed by atoms with E-state index in [1.807, 2.05) is 6.92 Å². The van der Waals surface area contributed by atoms with Crippen LogP contribution in [-0.2, 0) is 4.74 Å². The Morgan fingerprint density at radius 2 is 2.29 bits per heavy atom. The fourth-order valence-electron chi connectivity index (χ4n) is 1.85. The highest BCUT2D eigenvalue weighted by atomic mass is 32.2. The van der Waals surface area contributed by atoms with Gasteiger partial charge < -0.3 is 4.74 Å². The lowest BCUT2D eigenvalue weighted by molar-refractivity contribution is 0.101. The van der Waals surface area contributed by atoms with E-state index in [0.29, 0.717) is 15.7 Å². The molecule has 2 unspecified atom stereocenters. The molecule has 2 nitrogen and oxygen atoms in total. The van der Waals surface area contributed by atoms with Gasteiger partial charge in [-0.25, -0.2) is 4.39 Å². The van der Waals surface area contributed by atoms with Crippen LogP contribution in [0.3, 0.4) is 0 Å². The van der Waals surface area contributed by atoms with Crippen LogP contribution in [0.5, 0.6) is 0 Å². The maximum absolute atomic E-state index is 13.8. The minimum atomic E-state index is -0.318. The van der Waals surface area contributed by atoms with Crippen molar-refractivity contribution in [1.82, 2.24) is 0 Å². The van der Waals surface area contributed by atoms with E-state index in [1.165, 1.54) is 24.8 Å². The van der Waals surface area contributed by atoms with Crippen molar-refractivity contribution in [2.24, 2.45) is 0 Å². The first kappa shape index (κ1) is 12.6. The van der Waals surface area contributed by atoms with Gasteiger partial charge in [-0.05, 0) is 32.4 Å². The number of carbonyl (C=O) groups excluding carboxylic acids is 1. The van der Waals surface area contributed by atoms with Gasteiger partial charge in [-0.15, -0.1) is 11.8 Å². The lowest BCUT2D eigenvalue weighted by Crippen LogP contribution is -2.13. The van der Waals surface area contributed by atoms with Gasteiger partial charge in [-0.3, -0.25) is 4.79 Å². The largest absolute Gasteiger partial charge is 0.377 e. The standard InChI is InChI=1S/C13H15FO2S/c1-8(15)10-3-4-13(11(14)7-10)17-12-5-6-16-9(12)2/h3-4,7,9,12H,5-6H2,1-2H3. The second kappa shape index (κ2) is 5.19. The van der Waals surface area contributed by atoms with Crippen molar-refractivity contribution in [3.63, 3.8) is 0 Å². The fraction of sp³-hybridized carbons (Fsp3) is 0.462. The highest BCUT2D eigenvalue weighted by Crippen LogP contribution is 2.34. The summed E-state index contributed by atoms with van der Waals surface area (Å²) in [6.07, 6.45) is 1.10. The molecule has 0 bridgehead atoms. The highest BCUT2D eigenvalue weighted by Gasteiger charge is 2.26. The summed E-state index contributed by atoms with van der Waals surface area (Å²) < 4.78 is 19.2. The molecule has 4 heteroatoms. The third-order valence-corrected chi connectivity index (χ3v) is 4.43. The Balaban J connectivity index is 2.14. The number of thioether (sulfide) groups is 1. The molecule has 0 aliphatic carbocycles. The molecule has 0 radical (unpaired) electrons. The predicted octanol–water partition coefficient (Wildman–Crippen LogP) is 3.30. The summed E-state index contributed by atoms with van der Waals surface area (Å²) in [4.78, 5) is 11.7. The van der Waals surface area contributed by atoms with E-state index < -0.39 is 0 Å². The number of ketones is 1. The van der Waals surface area contributed by atoms with Gasteiger partial charge >= 0.3 is 0 Å². The number of rotatable bonds is 3. The summed E-state index contributed by atoms with van der Waals surface area (Å²) in [7, 11) is 0. The molecule has 0 aromatic heterocycles. The number of hydrogen-bond acceptors (Lipinski definition) is 3. The second-order valence-corrected chi connectivity index (χ2v) is 5.50. The van der Waals surface area contributed by atoms with Gasteiger partial charge in [0.1, 0.15) is 5.82 Å². The number of benzene rings is 1. The van der Waals surface area contributed by atoms with Crippen molar-refractivity contribution >= 4 is 17.5 Å². The van der Waals surface area contributed by atoms with Crippen LogP contribution in [0.2, 0.25) is 0 Å². The minimum Gasteiger partial charge on any atom is -0.377 e. The first-order valence-electron chi connectivity index (χ1n) is 5.66. The quantitative estimate of drug-likeness (QED) is 0.774. The number of carbonyl (C=O) groups is 1. The first-order valence-corrected chi connectivity index (χ1v) is 6.54. The summed E-state index contributed by atoms with van der Waals surface area (Å²) >= 11 is 1.50. The smallest absolute Gasteiger partial charge is 0.159 e. The van der Waals surface area contributed by atoms with Gasteiger partial charge in [0, 0.05) is 22.3 Å². The average Bonchev–Trinajstić information content (AvgIpc) is 2.67. The number of hydrogen-bond donors (Lipinski definition) is 0. The molecule has 92 valence electrons. The van der Waals surface area contributed by atoms with E-state index in [2.05, 4.69) is 0 Å². The third kappa shape index (κ3) is 2.87. The summed E-state index contributed by atoms with van der Waals surface area (Å²) in [5.74, 6) is -0.431. The van der Waals surface area contributed by atoms with Crippen LogP contribution in [0.15, 0.2) is 23.1 Å². The van der Waals surface area contributed by atoms with Crippen molar-refractivity contribution < 1.29 is 13.9 Å². The first-order chi connectivity index (χ1) is 8.08. The van der Waals surface area contributed by atoms with E-state index in [9.17, 15) is 9.18 Å². The van der Waals surface area contributed by atoms with Crippen molar-refractivity contribution in [3.05, 3.63) is 29.6 Å². The molecule has 2 atom stereocenters. The van der Waals surface area contributed by atoms with E-state index in [-0.39, 0.29) is 17.7 Å². The third-order valence-electron chi connectivity index (χ3n) is 2.92. The normalized spacial score (nSPS) is 23.9. The Hall–Kier alpha value is -0.870. The molecule has 0 saturated carbocycles. The van der Waals surface area contributed by atoms with Crippen LogP contribution < -0.4 is 0 Å². The Morgan fingerprint density at radius 1 is 1.53 bits per heavy atom. The van der Waals surface area contributed by atoms with Gasteiger partial charge in [0.2, 0.25) is 0 Å². The zero-order chi connectivity index (χ0) is 12.4. The number of Topliss-reactive ketones (excluding diaryl/α,β-unsaturated/α-hetero) is 1. The van der Waals surface area contributed by atoms with Crippen LogP contribution in [0, 0.1) is 5.82 Å². The number of halogens is 1. The molecule has 0 spiro atoms. The van der Waals surface area contributed by atoms with Crippen molar-refractivity contribution in [3.8, 4) is 0 Å². The molecule has 1 fully saturated rings. The van der Waals surface area contributed by atoms with Crippen molar-refractivity contribution in [2.45, 2.75) is 36.5 Å². The predicted molar refractivity (Wildman–Crippen MR) is 66.1 cm³/mol. The van der Waals surface area contributed by atoms with Gasteiger partial charge in [0.15, 0.2) is 5.78 Å². The topological polar surface area (TPSA) is 26.3 Å². The van der Waals surface area contributed by atoms with Gasteiger partial charge in [-0.1, -0.05) is 6.07 Å². The Bertz CT molecular complexity index is 433. The number of ether oxygens (including phenoxy) is 1. The Morgan fingerprint density at radius 3 is 2.82 bits per heavy atom. The maximum Gasteiger partial charge on any atom is 0.159 e. The molecule has 1 aliphatic heterocycles. The molecular formula is C13H15FO2S. The Labute approximate surface area is 105 Å². The molecule has 1 aromatic rings. The summed E-state index contributed by atoms with van der Waals surface area (Å²) in [5.41, 5.74) is 0.419. The van der Waals surface area contributed by atoms with Crippen LogP contribution in [0.4, 0.5) is 4.39 Å². The van der Waals surface area contributed by atoms with Crippen LogP contribution in [-0.4, -0.2) is 23.7 Å². The minimum absolute atomic E-state index is 0.113. The lowest BCUT2D eigenvalue weighted by Gasteiger charge is -2.14. The van der Waals surface area contributed by atoms with E-state index >= 15 is 0 Å². The highest BCUT2D eigenvalue weighted by molar-refractivity contribution is 8.00. The molecule has 2 rings (SSSR count). The van der Waals surface area contributed by atoms with E-state index in [4.69, 9.17) is 4.74 Å². The van der Waals surface area contributed by atoms with Crippen molar-refractivity contribution in [1.29, 1.82) is 0 Å². The van der Waals surface area contributed by atoms with E-state index in [1.54, 1.807) is 12.1 Å². The molecule has 0 amide bonds. The summed E-state index contributed by atoms with van der Waals surface area (Å²) in [6, 6.07) is 4.67. The molecule has 17 heavy (non-hydrogen) atoms. The maximum atomic E-state index is 13.8. The fourth-order valence-corrected chi connectivity index (χ4v) is 2.97. The molecule has 1 saturated heterocycles. The molecular weight excluding hydrogens is 239 g/mol. The SMILES string of the molecule is CC(=O)c1ccc(SC2CCOC2C)c(F)c1. The van der Waals surface area contributed by atoms with Crippen LogP contribution >= 0.6 is 11.8 Å². The summed E-state index contributed by atoms with van der Waals surface area (Å²) in [6.45, 7) is 4.19. The van der Waals surface area contributed by atoms with Crippen LogP contribution in [0.1, 0.15) is 30.6 Å². The van der Waals surface area contributed by atoms with Crippen molar-refractivity contribution in [2.75, 3.05) is 6.61 Å². The molecule has 1 aromatic carbocycles. The lowest BCUT2D eigenvalue weighted by atomic mass is 10.1. The second-order valence-electron chi connectivity index (χ2n) is 4.22. The average molecular weight is 254 g/mol. The zero-order valence-electron chi connectivity index (χ0n) is 9.90. The van der Waals surface area contributed by atoms with Gasteiger partial charge in [0.05, 0.1) is 6.10 Å². The monoisotopic (exact) mass is 254 g/mol. The molecule has 1 aliphatic rings. The molecule has 0 N–H and O–H groups in total. The van der Waals surface area contributed by atoms with Gasteiger partial charge in [0.25, 0.3) is 0 Å². The zero-order valence-corrected chi connectivity index (χ0v) is 10.7. The van der Waals surface area contributed by atoms with Gasteiger partial charge in [-0.2, -0.15) is 0 Å². The molecule has 1 heterocycles.